The number of carbonyl (C=O) groups excluding carboxylic acids is 2. The molecule has 124 valence electrons. The molecular formula is C19H18BrNO3. The van der Waals surface area contributed by atoms with Gasteiger partial charge in [0.1, 0.15) is 0 Å². The number of Topliss-reactive ketones (excluding diaryl/α,β-unsaturated/α-hetero) is 2. The third kappa shape index (κ3) is 3.62. The Morgan fingerprint density at radius 1 is 0.917 bits per heavy atom. The zero-order valence-electron chi connectivity index (χ0n) is 13.4. The number of rotatable bonds is 5. The lowest BCUT2D eigenvalue weighted by Gasteiger charge is -2.19. The maximum Gasteiger partial charge on any atom is 0.228 e. The first-order valence-corrected chi connectivity index (χ1v) is 7.64. The van der Waals surface area contributed by atoms with Gasteiger partial charge in [-0.3, -0.25) is 9.59 Å². The lowest BCUT2D eigenvalue weighted by atomic mass is 9.89. The second-order valence-electron chi connectivity index (χ2n) is 5.47. The Hall–Kier alpha value is -2.27. The van der Waals surface area contributed by atoms with Crippen molar-refractivity contribution in [2.24, 2.45) is 0 Å². The van der Waals surface area contributed by atoms with Crippen LogP contribution in [0.25, 0.3) is 0 Å². The van der Waals surface area contributed by atoms with Crippen molar-refractivity contribution in [1.82, 2.24) is 0 Å². The zero-order chi connectivity index (χ0) is 16.2. The van der Waals surface area contributed by atoms with Gasteiger partial charge in [-0.2, -0.15) is 0 Å². The summed E-state index contributed by atoms with van der Waals surface area (Å²) in [5.41, 5.74) is 1.28. The number of halogens is 1. The number of ether oxygens (including phenoxy) is 1. The van der Waals surface area contributed by atoms with Crippen LogP contribution >= 0.6 is 0 Å². The van der Waals surface area contributed by atoms with Gasteiger partial charge in [0.25, 0.3) is 0 Å². The Morgan fingerprint density at radius 3 is 2.21 bits per heavy atom. The molecule has 0 unspecified atom stereocenters. The quantitative estimate of drug-likeness (QED) is 0.524. The van der Waals surface area contributed by atoms with Crippen molar-refractivity contribution in [3.63, 3.8) is 0 Å². The molecule has 0 bridgehead atoms. The molecule has 0 atom stereocenters. The van der Waals surface area contributed by atoms with Crippen molar-refractivity contribution < 1.29 is 35.9 Å². The predicted octanol–water partition coefficient (Wildman–Crippen LogP) is -0.262. The average Bonchev–Trinajstić information content (AvgIpc) is 2.60. The second kappa shape index (κ2) is 8.02. The lowest BCUT2D eigenvalue weighted by Crippen LogP contribution is -3.00. The first-order valence-electron chi connectivity index (χ1n) is 7.64. The van der Waals surface area contributed by atoms with Crippen LogP contribution in [0.15, 0.2) is 66.2 Å². The van der Waals surface area contributed by atoms with Crippen molar-refractivity contribution in [2.45, 2.75) is 19.9 Å². The maximum absolute atomic E-state index is 12.5. The van der Waals surface area contributed by atoms with Gasteiger partial charge in [-0.25, -0.2) is 4.57 Å². The number of pyridine rings is 1. The molecule has 0 saturated heterocycles. The fourth-order valence-electron chi connectivity index (χ4n) is 2.66. The van der Waals surface area contributed by atoms with Gasteiger partial charge in [-0.15, -0.1) is 0 Å². The predicted molar refractivity (Wildman–Crippen MR) is 85.0 cm³/mol. The van der Waals surface area contributed by atoms with Crippen molar-refractivity contribution in [3.8, 4) is 0 Å². The molecule has 0 fully saturated rings. The molecule has 4 nitrogen and oxygen atoms in total. The highest BCUT2D eigenvalue weighted by molar-refractivity contribution is 6.25. The molecule has 0 saturated carbocycles. The summed E-state index contributed by atoms with van der Waals surface area (Å²) in [6, 6.07) is 12.8. The molecule has 2 aromatic rings. The van der Waals surface area contributed by atoms with Gasteiger partial charge in [-0.05, 0) is 6.92 Å². The molecule has 1 aromatic heterocycles. The molecule has 0 aliphatic heterocycles. The van der Waals surface area contributed by atoms with Gasteiger partial charge < -0.3 is 21.7 Å². The molecule has 0 amide bonds. The topological polar surface area (TPSA) is 47.2 Å². The fourth-order valence-corrected chi connectivity index (χ4v) is 2.66. The first kappa shape index (κ1) is 18.1. The van der Waals surface area contributed by atoms with Crippen LogP contribution in [0.5, 0.6) is 0 Å². The van der Waals surface area contributed by atoms with Gasteiger partial charge in [0, 0.05) is 35.3 Å². The summed E-state index contributed by atoms with van der Waals surface area (Å²) in [6.07, 6.45) is 4.72. The van der Waals surface area contributed by atoms with E-state index in [-0.39, 0.29) is 34.3 Å². The van der Waals surface area contributed by atoms with Gasteiger partial charge in [-0.1, -0.05) is 30.3 Å². The van der Waals surface area contributed by atoms with E-state index < -0.39 is 0 Å². The van der Waals surface area contributed by atoms with Crippen molar-refractivity contribution in [2.75, 3.05) is 6.61 Å². The summed E-state index contributed by atoms with van der Waals surface area (Å²) in [5.74, 6) is -0.149. The molecule has 1 heterocycles. The molecule has 1 aliphatic carbocycles. The minimum Gasteiger partial charge on any atom is -1.00 e. The molecule has 5 heteroatoms. The van der Waals surface area contributed by atoms with E-state index in [9.17, 15) is 9.59 Å². The van der Waals surface area contributed by atoms with Crippen LogP contribution in [0.3, 0.4) is 0 Å². The number of nitrogens with zero attached hydrogens (tertiary/aromatic N) is 1. The molecule has 1 aliphatic rings. The van der Waals surface area contributed by atoms with E-state index in [0.29, 0.717) is 23.3 Å². The standard InChI is InChI=1S/C19H18NO3.BrH/c1-14-17(21)15-8-3-4-9-16(15)18(22)19(14)23-13-7-12-20-10-5-2-6-11-20;/h2-6,8-11H,7,12-13H2,1H3;1H/q+1;/p-1. The largest absolute Gasteiger partial charge is 1.00 e. The summed E-state index contributed by atoms with van der Waals surface area (Å²) in [6.45, 7) is 2.85. The normalized spacial score (nSPS) is 13.4. The van der Waals surface area contributed by atoms with E-state index in [1.165, 1.54) is 0 Å². The lowest BCUT2D eigenvalue weighted by molar-refractivity contribution is -0.697. The van der Waals surface area contributed by atoms with E-state index in [2.05, 4.69) is 0 Å². The molecule has 0 spiro atoms. The summed E-state index contributed by atoms with van der Waals surface area (Å²) < 4.78 is 7.70. The summed E-state index contributed by atoms with van der Waals surface area (Å²) >= 11 is 0. The monoisotopic (exact) mass is 387 g/mol. The van der Waals surface area contributed by atoms with E-state index in [1.807, 2.05) is 35.2 Å². The van der Waals surface area contributed by atoms with Crippen LogP contribution in [0.2, 0.25) is 0 Å². The Kier molecular flexibility index (Phi) is 6.04. The van der Waals surface area contributed by atoms with Crippen molar-refractivity contribution in [3.05, 3.63) is 77.3 Å². The van der Waals surface area contributed by atoms with Crippen LogP contribution in [-0.2, 0) is 11.3 Å². The van der Waals surface area contributed by atoms with Crippen molar-refractivity contribution >= 4 is 11.6 Å². The van der Waals surface area contributed by atoms with Gasteiger partial charge in [0.2, 0.25) is 5.78 Å². The fraction of sp³-hybridized carbons (Fsp3) is 0.211. The number of hydrogen-bond donors (Lipinski definition) is 0. The van der Waals surface area contributed by atoms with Crippen molar-refractivity contribution in [1.29, 1.82) is 0 Å². The average molecular weight is 388 g/mol. The maximum atomic E-state index is 12.5. The number of benzene rings is 1. The van der Waals surface area contributed by atoms with E-state index in [0.717, 1.165) is 13.0 Å². The second-order valence-corrected chi connectivity index (χ2v) is 5.47. The highest BCUT2D eigenvalue weighted by atomic mass is 79.9. The third-order valence-electron chi connectivity index (χ3n) is 3.89. The number of aromatic nitrogens is 1. The van der Waals surface area contributed by atoms with E-state index >= 15 is 0 Å². The number of fused-ring (bicyclic) bond motifs is 1. The Morgan fingerprint density at radius 2 is 1.54 bits per heavy atom. The molecule has 3 rings (SSSR count). The number of ketones is 2. The molecule has 1 aromatic carbocycles. The zero-order valence-corrected chi connectivity index (χ0v) is 15.0. The van der Waals surface area contributed by atoms with Gasteiger partial charge >= 0.3 is 0 Å². The molecule has 0 N–H and O–H groups in total. The molecule has 24 heavy (non-hydrogen) atoms. The minimum absolute atomic E-state index is 0. The Balaban J connectivity index is 0.00000208. The van der Waals surface area contributed by atoms with E-state index in [1.54, 1.807) is 31.2 Å². The van der Waals surface area contributed by atoms with Crippen LogP contribution < -0.4 is 21.5 Å². The smallest absolute Gasteiger partial charge is 0.228 e. The van der Waals surface area contributed by atoms with Crippen LogP contribution in [-0.4, -0.2) is 18.2 Å². The number of carbonyl (C=O) groups is 2. The Labute approximate surface area is 151 Å². The number of hydrogen-bond acceptors (Lipinski definition) is 3. The van der Waals surface area contributed by atoms with Crippen LogP contribution in [0, 0.1) is 0 Å². The summed E-state index contributed by atoms with van der Waals surface area (Å²) in [7, 11) is 0. The molecule has 0 radical (unpaired) electrons. The van der Waals surface area contributed by atoms with Crippen LogP contribution in [0.1, 0.15) is 34.1 Å². The van der Waals surface area contributed by atoms with Gasteiger partial charge in [0.05, 0.1) is 6.61 Å². The minimum atomic E-state index is -0.204. The van der Waals surface area contributed by atoms with Gasteiger partial charge in [0.15, 0.2) is 30.5 Å². The Bertz CT molecular complexity index is 784. The number of aryl methyl sites for hydroxylation is 1. The van der Waals surface area contributed by atoms with Crippen LogP contribution in [0.4, 0.5) is 0 Å². The van der Waals surface area contributed by atoms with E-state index in [4.69, 9.17) is 4.74 Å². The SMILES string of the molecule is CC1=C(OCCC[n+]2ccccc2)C(=O)c2ccccc2C1=O.[Br-]. The first-order chi connectivity index (χ1) is 11.2. The highest BCUT2D eigenvalue weighted by Crippen LogP contribution is 2.26. The molecular weight excluding hydrogens is 370 g/mol. The summed E-state index contributed by atoms with van der Waals surface area (Å²) in [4.78, 5) is 24.8. The highest BCUT2D eigenvalue weighted by Gasteiger charge is 2.30. The third-order valence-corrected chi connectivity index (χ3v) is 3.89. The number of allylic oxidation sites excluding steroid dienone is 2. The summed E-state index contributed by atoms with van der Waals surface area (Å²) in [5, 5.41) is 0.